The van der Waals surface area contributed by atoms with Crippen LogP contribution in [0.1, 0.15) is 28.9 Å². The highest BCUT2D eigenvalue weighted by Crippen LogP contribution is 2.24. The molecule has 1 unspecified atom stereocenters. The summed E-state index contributed by atoms with van der Waals surface area (Å²) in [7, 11) is 0. The Bertz CT molecular complexity index is 854. The van der Waals surface area contributed by atoms with Gasteiger partial charge in [0.25, 0.3) is 5.91 Å². The lowest BCUT2D eigenvalue weighted by molar-refractivity contribution is -0.120. The summed E-state index contributed by atoms with van der Waals surface area (Å²) in [6, 6.07) is 9.98. The molecule has 7 nitrogen and oxygen atoms in total. The second-order valence-electron chi connectivity index (χ2n) is 6.67. The molecule has 1 saturated heterocycles. The van der Waals surface area contributed by atoms with Crippen molar-refractivity contribution in [2.75, 3.05) is 18.4 Å². The summed E-state index contributed by atoms with van der Waals surface area (Å²) in [5.74, 6) is -0.708. The largest absolute Gasteiger partial charge is 0.507 e. The molecule has 7 heteroatoms. The van der Waals surface area contributed by atoms with Gasteiger partial charge in [-0.3, -0.25) is 19.5 Å². The standard InChI is InChI=1S/C21H24N4O3/c1-2-10-23-20(27)17-9-8-15(13-19(17)26)24-21(28)18-7-5-12-25(18)14-16-6-3-4-11-22-16/h2-4,6,8-9,11,13,18,26H,1,5,7,10,12,14H2,(H,23,27)(H,24,28). The predicted octanol–water partition coefficient (Wildman–Crippen LogP) is 2.31. The van der Waals surface area contributed by atoms with Gasteiger partial charge in [-0.15, -0.1) is 6.58 Å². The number of aromatic hydroxyl groups is 1. The molecule has 2 heterocycles. The van der Waals surface area contributed by atoms with Crippen LogP contribution in [0.25, 0.3) is 0 Å². The number of hydrogen-bond donors (Lipinski definition) is 3. The van der Waals surface area contributed by atoms with E-state index >= 15 is 0 Å². The number of pyridine rings is 1. The quantitative estimate of drug-likeness (QED) is 0.641. The van der Waals surface area contributed by atoms with Crippen molar-refractivity contribution in [3.63, 3.8) is 0 Å². The first-order valence-electron chi connectivity index (χ1n) is 9.25. The topological polar surface area (TPSA) is 94.6 Å². The summed E-state index contributed by atoms with van der Waals surface area (Å²) < 4.78 is 0. The number of amides is 2. The fourth-order valence-electron chi connectivity index (χ4n) is 3.30. The van der Waals surface area contributed by atoms with E-state index in [9.17, 15) is 14.7 Å². The van der Waals surface area contributed by atoms with Gasteiger partial charge in [-0.05, 0) is 43.7 Å². The molecule has 2 aromatic rings. The Labute approximate surface area is 164 Å². The van der Waals surface area contributed by atoms with E-state index in [2.05, 4.69) is 27.1 Å². The van der Waals surface area contributed by atoms with Gasteiger partial charge in [0, 0.05) is 31.0 Å². The molecule has 0 saturated carbocycles. The molecule has 2 amide bonds. The molecule has 1 aromatic carbocycles. The number of aromatic nitrogens is 1. The van der Waals surface area contributed by atoms with Gasteiger partial charge in [-0.1, -0.05) is 12.1 Å². The van der Waals surface area contributed by atoms with E-state index < -0.39 is 5.91 Å². The van der Waals surface area contributed by atoms with Gasteiger partial charge in [-0.2, -0.15) is 0 Å². The number of phenols is 1. The average Bonchev–Trinajstić information content (AvgIpc) is 3.15. The van der Waals surface area contributed by atoms with Crippen LogP contribution in [0.2, 0.25) is 0 Å². The van der Waals surface area contributed by atoms with Crippen molar-refractivity contribution < 1.29 is 14.7 Å². The molecule has 3 rings (SSSR count). The number of nitrogens with zero attached hydrogens (tertiary/aromatic N) is 2. The zero-order valence-corrected chi connectivity index (χ0v) is 15.6. The van der Waals surface area contributed by atoms with E-state index in [-0.39, 0.29) is 23.3 Å². The van der Waals surface area contributed by atoms with E-state index in [1.165, 1.54) is 12.1 Å². The first kappa shape index (κ1) is 19.6. The molecule has 0 bridgehead atoms. The van der Waals surface area contributed by atoms with Gasteiger partial charge < -0.3 is 15.7 Å². The van der Waals surface area contributed by atoms with Crippen LogP contribution in [0.15, 0.2) is 55.3 Å². The first-order valence-corrected chi connectivity index (χ1v) is 9.25. The van der Waals surface area contributed by atoms with Crippen molar-refractivity contribution in [3.05, 3.63) is 66.5 Å². The lowest BCUT2D eigenvalue weighted by Crippen LogP contribution is -2.39. The van der Waals surface area contributed by atoms with Crippen LogP contribution < -0.4 is 10.6 Å². The Morgan fingerprint density at radius 2 is 2.18 bits per heavy atom. The van der Waals surface area contributed by atoms with Crippen LogP contribution in [0.3, 0.4) is 0 Å². The van der Waals surface area contributed by atoms with Gasteiger partial charge in [-0.25, -0.2) is 0 Å². The molecule has 1 fully saturated rings. The lowest BCUT2D eigenvalue weighted by atomic mass is 10.1. The molecule has 0 aliphatic carbocycles. The Kier molecular flexibility index (Phi) is 6.39. The Balaban J connectivity index is 1.64. The number of anilines is 1. The van der Waals surface area contributed by atoms with Gasteiger partial charge in [0.05, 0.1) is 17.3 Å². The molecular weight excluding hydrogens is 356 g/mol. The van der Waals surface area contributed by atoms with E-state index in [1.54, 1.807) is 18.3 Å². The molecule has 0 spiro atoms. The minimum absolute atomic E-state index is 0.128. The number of hydrogen-bond acceptors (Lipinski definition) is 5. The van der Waals surface area contributed by atoms with Crippen molar-refractivity contribution in [2.45, 2.75) is 25.4 Å². The van der Waals surface area contributed by atoms with Crippen molar-refractivity contribution in [1.29, 1.82) is 0 Å². The maximum atomic E-state index is 12.7. The highest BCUT2D eigenvalue weighted by molar-refractivity contribution is 5.99. The van der Waals surface area contributed by atoms with Crippen molar-refractivity contribution in [3.8, 4) is 5.75 Å². The van der Waals surface area contributed by atoms with Crippen LogP contribution in [0.5, 0.6) is 5.75 Å². The molecule has 28 heavy (non-hydrogen) atoms. The number of benzene rings is 1. The smallest absolute Gasteiger partial charge is 0.255 e. The number of nitrogens with one attached hydrogen (secondary N) is 2. The summed E-state index contributed by atoms with van der Waals surface area (Å²) >= 11 is 0. The van der Waals surface area contributed by atoms with Gasteiger partial charge >= 0.3 is 0 Å². The molecule has 1 aliphatic heterocycles. The van der Waals surface area contributed by atoms with Crippen molar-refractivity contribution >= 4 is 17.5 Å². The monoisotopic (exact) mass is 380 g/mol. The van der Waals surface area contributed by atoms with E-state index in [0.717, 1.165) is 25.1 Å². The van der Waals surface area contributed by atoms with Crippen LogP contribution in [-0.4, -0.2) is 45.9 Å². The van der Waals surface area contributed by atoms with Gasteiger partial charge in [0.15, 0.2) is 0 Å². The van der Waals surface area contributed by atoms with E-state index in [1.807, 2.05) is 18.2 Å². The van der Waals surface area contributed by atoms with Crippen LogP contribution in [-0.2, 0) is 11.3 Å². The Hall–Kier alpha value is -3.19. The SMILES string of the molecule is C=CCNC(=O)c1ccc(NC(=O)C2CCCN2Cc2ccccn2)cc1O. The molecule has 146 valence electrons. The minimum atomic E-state index is -0.396. The van der Waals surface area contributed by atoms with E-state index in [4.69, 9.17) is 0 Å². The second-order valence-corrected chi connectivity index (χ2v) is 6.67. The summed E-state index contributed by atoms with van der Waals surface area (Å²) in [5, 5.41) is 15.6. The second kappa shape index (κ2) is 9.14. The third-order valence-electron chi connectivity index (χ3n) is 4.67. The maximum absolute atomic E-state index is 12.7. The fraction of sp³-hybridized carbons (Fsp3) is 0.286. The van der Waals surface area contributed by atoms with E-state index in [0.29, 0.717) is 18.8 Å². The van der Waals surface area contributed by atoms with Gasteiger partial charge in [0.2, 0.25) is 5.91 Å². The summed E-state index contributed by atoms with van der Waals surface area (Å²) in [4.78, 5) is 31.1. The molecule has 0 radical (unpaired) electrons. The lowest BCUT2D eigenvalue weighted by Gasteiger charge is -2.23. The summed E-state index contributed by atoms with van der Waals surface area (Å²) in [6.45, 7) is 5.30. The number of likely N-dealkylation sites (tertiary alicyclic amines) is 1. The summed E-state index contributed by atoms with van der Waals surface area (Å²) in [6.07, 6.45) is 5.02. The highest BCUT2D eigenvalue weighted by Gasteiger charge is 2.31. The molecule has 3 N–H and O–H groups in total. The first-order chi connectivity index (χ1) is 13.6. The number of rotatable bonds is 7. The van der Waals surface area contributed by atoms with Gasteiger partial charge in [0.1, 0.15) is 5.75 Å². The molecular formula is C21H24N4O3. The summed E-state index contributed by atoms with van der Waals surface area (Å²) in [5.41, 5.74) is 1.53. The zero-order valence-electron chi connectivity index (χ0n) is 15.6. The number of carbonyl (C=O) groups is 2. The maximum Gasteiger partial charge on any atom is 0.255 e. The molecule has 1 aliphatic rings. The van der Waals surface area contributed by atoms with Crippen molar-refractivity contribution in [2.24, 2.45) is 0 Å². The molecule has 1 atom stereocenters. The number of phenolic OH excluding ortho intramolecular Hbond substituents is 1. The zero-order chi connectivity index (χ0) is 19.9. The Morgan fingerprint density at radius 1 is 1.32 bits per heavy atom. The minimum Gasteiger partial charge on any atom is -0.507 e. The Morgan fingerprint density at radius 3 is 2.89 bits per heavy atom. The average molecular weight is 380 g/mol. The highest BCUT2D eigenvalue weighted by atomic mass is 16.3. The van der Waals surface area contributed by atoms with Crippen LogP contribution in [0, 0.1) is 0 Å². The predicted molar refractivity (Wildman–Crippen MR) is 107 cm³/mol. The van der Waals surface area contributed by atoms with Crippen LogP contribution >= 0.6 is 0 Å². The molecule has 1 aromatic heterocycles. The normalized spacial score (nSPS) is 16.5. The van der Waals surface area contributed by atoms with Crippen LogP contribution in [0.4, 0.5) is 5.69 Å². The van der Waals surface area contributed by atoms with Crippen molar-refractivity contribution in [1.82, 2.24) is 15.2 Å². The number of carbonyl (C=O) groups excluding carboxylic acids is 2. The third kappa shape index (κ3) is 4.75. The third-order valence-corrected chi connectivity index (χ3v) is 4.67. The fourth-order valence-corrected chi connectivity index (χ4v) is 3.30.